The number of fused-ring (bicyclic) bond motifs is 1. The van der Waals surface area contributed by atoms with E-state index in [1.165, 1.54) is 25.7 Å². The zero-order chi connectivity index (χ0) is 9.64. The first kappa shape index (κ1) is 10.3. The lowest BCUT2D eigenvalue weighted by molar-refractivity contribution is 0.395. The smallest absolute Gasteiger partial charge is 0.0194 e. The lowest BCUT2D eigenvalue weighted by Gasteiger charge is -2.25. The lowest BCUT2D eigenvalue weighted by Crippen LogP contribution is -2.21. The maximum atomic E-state index is 2.64. The third kappa shape index (κ3) is 2.05. The summed E-state index contributed by atoms with van der Waals surface area (Å²) in [5.74, 6) is 4.20. The van der Waals surface area contributed by atoms with Crippen LogP contribution in [0.3, 0.4) is 0 Å². The highest BCUT2D eigenvalue weighted by Gasteiger charge is 2.44. The predicted octanol–water partition coefficient (Wildman–Crippen LogP) is 4.27. The molecule has 0 spiro atoms. The minimum atomic E-state index is 0.533. The van der Waals surface area contributed by atoms with Crippen molar-refractivity contribution in [2.24, 2.45) is 23.7 Å². The minimum Gasteiger partial charge on any atom is -0.0792 e. The van der Waals surface area contributed by atoms with Crippen molar-refractivity contribution in [1.29, 1.82) is 0 Å². The van der Waals surface area contributed by atoms with Crippen LogP contribution in [0.4, 0.5) is 0 Å². The first-order valence-electron chi connectivity index (χ1n) is 5.65. The van der Waals surface area contributed by atoms with Crippen LogP contribution in [0.5, 0.6) is 0 Å². The van der Waals surface area contributed by atoms with Gasteiger partial charge in [0.05, 0.1) is 0 Å². The molecule has 2 aliphatic carbocycles. The molecule has 0 aromatic carbocycles. The summed E-state index contributed by atoms with van der Waals surface area (Å²) < 4.78 is 0.533. The first-order valence-corrected chi connectivity index (χ1v) is 6.73. The number of hydrogen-bond acceptors (Lipinski definition) is 0. The molecule has 0 heterocycles. The van der Waals surface area contributed by atoms with Crippen molar-refractivity contribution in [3.05, 3.63) is 0 Å². The molecule has 0 amide bonds. The van der Waals surface area contributed by atoms with Crippen LogP contribution in [0, 0.1) is 23.7 Å². The van der Waals surface area contributed by atoms with Crippen LogP contribution in [0.2, 0.25) is 0 Å². The Morgan fingerprint density at radius 2 is 1.46 bits per heavy atom. The molecule has 0 nitrogen and oxygen atoms in total. The van der Waals surface area contributed by atoms with Crippen molar-refractivity contribution in [2.75, 3.05) is 0 Å². The highest BCUT2D eigenvalue weighted by atomic mass is 127. The molecule has 13 heavy (non-hydrogen) atoms. The Morgan fingerprint density at radius 1 is 1.00 bits per heavy atom. The van der Waals surface area contributed by atoms with Gasteiger partial charge in [-0.1, -0.05) is 43.4 Å². The molecule has 76 valence electrons. The molecule has 2 saturated carbocycles. The largest absolute Gasteiger partial charge is 0.0792 e. The average molecular weight is 292 g/mol. The SMILES string of the molecule is CC1CC2CC(C(C)(C)I)CC2C1. The Balaban J connectivity index is 1.98. The van der Waals surface area contributed by atoms with Gasteiger partial charge < -0.3 is 0 Å². The van der Waals surface area contributed by atoms with E-state index in [9.17, 15) is 0 Å². The minimum absolute atomic E-state index is 0.533. The van der Waals surface area contributed by atoms with Gasteiger partial charge in [0.15, 0.2) is 0 Å². The van der Waals surface area contributed by atoms with Crippen molar-refractivity contribution in [2.45, 2.75) is 49.9 Å². The van der Waals surface area contributed by atoms with Gasteiger partial charge in [0.25, 0.3) is 0 Å². The van der Waals surface area contributed by atoms with Gasteiger partial charge in [0.2, 0.25) is 0 Å². The summed E-state index contributed by atoms with van der Waals surface area (Å²) in [6.07, 6.45) is 6.08. The third-order valence-electron chi connectivity index (χ3n) is 4.22. The number of rotatable bonds is 1. The van der Waals surface area contributed by atoms with E-state index < -0.39 is 0 Å². The molecule has 2 aliphatic rings. The summed E-state index contributed by atoms with van der Waals surface area (Å²) in [5.41, 5.74) is 0. The molecule has 0 N–H and O–H groups in total. The Hall–Kier alpha value is 0.730. The summed E-state index contributed by atoms with van der Waals surface area (Å²) in [6, 6.07) is 0. The zero-order valence-corrected chi connectivity index (χ0v) is 11.2. The highest BCUT2D eigenvalue weighted by molar-refractivity contribution is 14.1. The third-order valence-corrected chi connectivity index (χ3v) is 5.10. The Kier molecular flexibility index (Phi) is 2.67. The normalized spacial score (nSPS) is 45.2. The second kappa shape index (κ2) is 3.39. The van der Waals surface area contributed by atoms with E-state index in [-0.39, 0.29) is 0 Å². The number of alkyl halides is 1. The van der Waals surface area contributed by atoms with Gasteiger partial charge in [-0.15, -0.1) is 0 Å². The van der Waals surface area contributed by atoms with Crippen LogP contribution >= 0.6 is 22.6 Å². The average Bonchev–Trinajstić information content (AvgIpc) is 2.40. The molecular weight excluding hydrogens is 271 g/mol. The van der Waals surface area contributed by atoms with Gasteiger partial charge in [0, 0.05) is 3.42 Å². The monoisotopic (exact) mass is 292 g/mol. The quantitative estimate of drug-likeness (QED) is 0.500. The molecule has 0 aromatic heterocycles. The van der Waals surface area contributed by atoms with E-state index in [1.807, 2.05) is 0 Å². The summed E-state index contributed by atoms with van der Waals surface area (Å²) in [5, 5.41) is 0. The van der Waals surface area contributed by atoms with Crippen LogP contribution in [-0.4, -0.2) is 3.42 Å². The van der Waals surface area contributed by atoms with E-state index in [0.29, 0.717) is 3.42 Å². The topological polar surface area (TPSA) is 0 Å². The zero-order valence-electron chi connectivity index (χ0n) is 9.02. The van der Waals surface area contributed by atoms with Gasteiger partial charge in [-0.05, 0) is 49.4 Å². The molecule has 0 aliphatic heterocycles. The van der Waals surface area contributed by atoms with Gasteiger partial charge in [0.1, 0.15) is 0 Å². The van der Waals surface area contributed by atoms with E-state index in [0.717, 1.165) is 23.7 Å². The molecule has 0 bridgehead atoms. The van der Waals surface area contributed by atoms with Crippen LogP contribution in [0.1, 0.15) is 46.5 Å². The lowest BCUT2D eigenvalue weighted by atomic mass is 9.90. The summed E-state index contributed by atoms with van der Waals surface area (Å²) in [6.45, 7) is 7.24. The van der Waals surface area contributed by atoms with Crippen LogP contribution in [-0.2, 0) is 0 Å². The van der Waals surface area contributed by atoms with Gasteiger partial charge in [-0.2, -0.15) is 0 Å². The van der Waals surface area contributed by atoms with Crippen molar-refractivity contribution >= 4 is 22.6 Å². The summed E-state index contributed by atoms with van der Waals surface area (Å²) in [7, 11) is 0. The molecule has 0 aromatic rings. The van der Waals surface area contributed by atoms with E-state index >= 15 is 0 Å². The molecule has 2 unspecified atom stereocenters. The van der Waals surface area contributed by atoms with E-state index in [4.69, 9.17) is 0 Å². The predicted molar refractivity (Wildman–Crippen MR) is 66.2 cm³/mol. The Morgan fingerprint density at radius 3 is 1.85 bits per heavy atom. The molecule has 2 rings (SSSR count). The van der Waals surface area contributed by atoms with Crippen molar-refractivity contribution in [3.8, 4) is 0 Å². The summed E-state index contributed by atoms with van der Waals surface area (Å²) >= 11 is 2.64. The van der Waals surface area contributed by atoms with Crippen LogP contribution in [0.25, 0.3) is 0 Å². The Labute approximate surface area is 96.0 Å². The molecule has 2 atom stereocenters. The second-order valence-corrected chi connectivity index (χ2v) is 8.61. The van der Waals surface area contributed by atoms with Crippen LogP contribution < -0.4 is 0 Å². The summed E-state index contributed by atoms with van der Waals surface area (Å²) in [4.78, 5) is 0. The fraction of sp³-hybridized carbons (Fsp3) is 1.00. The number of hydrogen-bond donors (Lipinski definition) is 0. The molecule has 1 heteroatoms. The van der Waals surface area contributed by atoms with Crippen LogP contribution in [0.15, 0.2) is 0 Å². The first-order chi connectivity index (χ1) is 5.97. The molecule has 0 radical (unpaired) electrons. The second-order valence-electron chi connectivity index (χ2n) is 5.83. The van der Waals surface area contributed by atoms with Gasteiger partial charge >= 0.3 is 0 Å². The maximum absolute atomic E-state index is 2.64. The van der Waals surface area contributed by atoms with Crippen molar-refractivity contribution < 1.29 is 0 Å². The fourth-order valence-electron chi connectivity index (χ4n) is 3.48. The standard InChI is InChI=1S/C12H21I/c1-8-4-9-6-11(12(2,3)13)7-10(9)5-8/h8-11H,4-7H2,1-3H3. The Bertz CT molecular complexity index is 178. The van der Waals surface area contributed by atoms with Crippen molar-refractivity contribution in [3.63, 3.8) is 0 Å². The highest BCUT2D eigenvalue weighted by Crippen LogP contribution is 2.53. The van der Waals surface area contributed by atoms with E-state index in [2.05, 4.69) is 43.4 Å². The van der Waals surface area contributed by atoms with Crippen molar-refractivity contribution in [1.82, 2.24) is 0 Å². The molecule has 0 saturated heterocycles. The fourth-order valence-corrected chi connectivity index (χ4v) is 3.99. The van der Waals surface area contributed by atoms with Gasteiger partial charge in [-0.25, -0.2) is 0 Å². The number of halogens is 1. The van der Waals surface area contributed by atoms with E-state index in [1.54, 1.807) is 0 Å². The van der Waals surface area contributed by atoms with Gasteiger partial charge in [-0.3, -0.25) is 0 Å². The maximum Gasteiger partial charge on any atom is 0.0194 e. The molecule has 2 fully saturated rings. The molecular formula is C12H21I.